The van der Waals surface area contributed by atoms with Crippen LogP contribution in [0.3, 0.4) is 0 Å². The first-order chi connectivity index (χ1) is 6.06. The van der Waals surface area contributed by atoms with E-state index in [4.69, 9.17) is 5.73 Å². The Labute approximate surface area is 73.6 Å². The largest absolute Gasteiger partial charge is 0.326 e. The van der Waals surface area contributed by atoms with Gasteiger partial charge < -0.3 is 5.73 Å². The zero-order valence-electron chi connectivity index (χ0n) is 7.02. The van der Waals surface area contributed by atoms with Crippen molar-refractivity contribution in [2.75, 3.05) is 0 Å². The van der Waals surface area contributed by atoms with Gasteiger partial charge in [0, 0.05) is 12.2 Å². The molecular formula is C8H9F3N2. The molecule has 0 saturated heterocycles. The molecular weight excluding hydrogens is 181 g/mol. The van der Waals surface area contributed by atoms with Crippen LogP contribution in [0.4, 0.5) is 13.2 Å². The number of pyridine rings is 1. The summed E-state index contributed by atoms with van der Waals surface area (Å²) in [5.74, 6) is -1.13. The van der Waals surface area contributed by atoms with E-state index in [1.807, 2.05) is 0 Å². The van der Waals surface area contributed by atoms with E-state index >= 15 is 0 Å². The average Bonchev–Trinajstić information content (AvgIpc) is 2.01. The maximum absolute atomic E-state index is 12.9. The number of hydrogen-bond donors (Lipinski definition) is 1. The molecule has 0 aliphatic rings. The Bertz CT molecular complexity index is 313. The van der Waals surface area contributed by atoms with Crippen LogP contribution in [-0.4, -0.2) is 4.98 Å². The van der Waals surface area contributed by atoms with Crippen LogP contribution in [0, 0.1) is 12.9 Å². The van der Waals surface area contributed by atoms with Crippen LogP contribution in [0.1, 0.15) is 23.2 Å². The van der Waals surface area contributed by atoms with Crippen molar-refractivity contribution < 1.29 is 13.2 Å². The van der Waals surface area contributed by atoms with Gasteiger partial charge in [-0.1, -0.05) is 0 Å². The molecule has 1 rings (SSSR count). The summed E-state index contributed by atoms with van der Waals surface area (Å²) in [6, 6.07) is 1.37. The molecule has 0 bridgehead atoms. The number of nitrogens with zero attached hydrogens (tertiary/aromatic N) is 1. The van der Waals surface area contributed by atoms with E-state index in [-0.39, 0.29) is 12.1 Å². The smallest absolute Gasteiger partial charge is 0.268 e. The second kappa shape index (κ2) is 3.74. The molecule has 0 unspecified atom stereocenters. The Balaban J connectivity index is 3.30. The van der Waals surface area contributed by atoms with Gasteiger partial charge in [0.2, 0.25) is 5.95 Å². The molecule has 0 aliphatic carbocycles. The molecule has 72 valence electrons. The Morgan fingerprint density at radius 1 is 1.54 bits per heavy atom. The number of nitrogens with two attached hydrogens (primary N) is 1. The third-order valence-corrected chi connectivity index (χ3v) is 1.66. The first-order valence-corrected chi connectivity index (χ1v) is 3.70. The Kier molecular flexibility index (Phi) is 2.87. The summed E-state index contributed by atoms with van der Waals surface area (Å²) in [5.41, 5.74) is 4.97. The lowest BCUT2D eigenvalue weighted by molar-refractivity contribution is 0.144. The summed E-state index contributed by atoms with van der Waals surface area (Å²) >= 11 is 0. The number of rotatable bonds is 2. The van der Waals surface area contributed by atoms with Gasteiger partial charge in [0.1, 0.15) is 0 Å². The number of alkyl halides is 2. The minimum atomic E-state index is -2.87. The van der Waals surface area contributed by atoms with Gasteiger partial charge in [-0.2, -0.15) is 4.39 Å². The molecule has 0 radical (unpaired) electrons. The number of halogens is 3. The second-order valence-corrected chi connectivity index (χ2v) is 2.63. The molecule has 1 heterocycles. The summed E-state index contributed by atoms with van der Waals surface area (Å²) in [6.07, 6.45) is -2.87. The van der Waals surface area contributed by atoms with Crippen molar-refractivity contribution in [2.24, 2.45) is 5.73 Å². The van der Waals surface area contributed by atoms with Gasteiger partial charge in [0.05, 0.1) is 5.56 Å². The van der Waals surface area contributed by atoms with E-state index in [1.54, 1.807) is 0 Å². The average molecular weight is 190 g/mol. The molecule has 0 atom stereocenters. The van der Waals surface area contributed by atoms with E-state index in [9.17, 15) is 13.2 Å². The fourth-order valence-electron chi connectivity index (χ4n) is 1.11. The molecule has 0 aromatic carbocycles. The van der Waals surface area contributed by atoms with E-state index < -0.39 is 17.9 Å². The van der Waals surface area contributed by atoms with Crippen molar-refractivity contribution in [3.8, 4) is 0 Å². The van der Waals surface area contributed by atoms with E-state index in [2.05, 4.69) is 4.98 Å². The van der Waals surface area contributed by atoms with Gasteiger partial charge in [-0.25, -0.2) is 13.8 Å². The zero-order chi connectivity index (χ0) is 10.0. The van der Waals surface area contributed by atoms with E-state index in [0.29, 0.717) is 5.69 Å². The Morgan fingerprint density at radius 3 is 2.62 bits per heavy atom. The zero-order valence-corrected chi connectivity index (χ0v) is 7.02. The molecule has 0 spiro atoms. The third-order valence-electron chi connectivity index (χ3n) is 1.66. The van der Waals surface area contributed by atoms with Crippen molar-refractivity contribution in [1.82, 2.24) is 4.98 Å². The molecule has 1 aromatic rings. The van der Waals surface area contributed by atoms with E-state index in [0.717, 1.165) is 0 Å². The quantitative estimate of drug-likeness (QED) is 0.723. The van der Waals surface area contributed by atoms with Crippen LogP contribution in [0.25, 0.3) is 0 Å². The molecule has 1 aromatic heterocycles. The van der Waals surface area contributed by atoms with Gasteiger partial charge >= 0.3 is 0 Å². The van der Waals surface area contributed by atoms with Crippen LogP contribution >= 0.6 is 0 Å². The molecule has 0 saturated carbocycles. The maximum atomic E-state index is 12.9. The van der Waals surface area contributed by atoms with Crippen LogP contribution in [-0.2, 0) is 6.54 Å². The number of aromatic nitrogens is 1. The van der Waals surface area contributed by atoms with Gasteiger partial charge in [0.15, 0.2) is 0 Å². The summed E-state index contributed by atoms with van der Waals surface area (Å²) < 4.78 is 37.4. The Morgan fingerprint density at radius 2 is 2.15 bits per heavy atom. The lowest BCUT2D eigenvalue weighted by Gasteiger charge is -2.08. The third kappa shape index (κ3) is 1.98. The Hall–Kier alpha value is -1.10. The molecule has 5 heteroatoms. The highest BCUT2D eigenvalue weighted by Crippen LogP contribution is 2.25. The van der Waals surface area contributed by atoms with Crippen LogP contribution in [0.15, 0.2) is 6.07 Å². The van der Waals surface area contributed by atoms with Crippen LogP contribution < -0.4 is 5.73 Å². The maximum Gasteiger partial charge on any atom is 0.268 e. The summed E-state index contributed by atoms with van der Waals surface area (Å²) in [5, 5.41) is 0. The van der Waals surface area contributed by atoms with Gasteiger partial charge in [-0.05, 0) is 18.6 Å². The van der Waals surface area contributed by atoms with Crippen LogP contribution in [0.5, 0.6) is 0 Å². The van der Waals surface area contributed by atoms with Gasteiger partial charge in [0.25, 0.3) is 6.43 Å². The van der Waals surface area contributed by atoms with Crippen molar-refractivity contribution in [3.63, 3.8) is 0 Å². The molecule has 0 aliphatic heterocycles. The first kappa shape index (κ1) is 9.98. The second-order valence-electron chi connectivity index (χ2n) is 2.63. The summed E-state index contributed by atoms with van der Waals surface area (Å²) in [6.45, 7) is 1.41. The van der Waals surface area contributed by atoms with E-state index in [1.165, 1.54) is 13.0 Å². The number of hydrogen-bond acceptors (Lipinski definition) is 2. The van der Waals surface area contributed by atoms with Crippen molar-refractivity contribution >= 4 is 0 Å². The van der Waals surface area contributed by atoms with Gasteiger partial charge in [-0.3, -0.25) is 0 Å². The first-order valence-electron chi connectivity index (χ1n) is 3.70. The minimum absolute atomic E-state index is 0.111. The molecule has 0 fully saturated rings. The summed E-state index contributed by atoms with van der Waals surface area (Å²) in [7, 11) is 0. The van der Waals surface area contributed by atoms with Gasteiger partial charge in [-0.15, -0.1) is 0 Å². The lowest BCUT2D eigenvalue weighted by atomic mass is 10.1. The minimum Gasteiger partial charge on any atom is -0.326 e. The molecule has 2 nitrogen and oxygen atoms in total. The van der Waals surface area contributed by atoms with Crippen molar-refractivity contribution in [3.05, 3.63) is 28.8 Å². The summed E-state index contributed by atoms with van der Waals surface area (Å²) in [4.78, 5) is 3.30. The standard InChI is InChI=1S/C8H9F3N2/c1-4-2-5(3-12)6(7(9)10)8(11)13-4/h2,7H,3,12H2,1H3. The predicted octanol–water partition coefficient (Wildman–Crippen LogP) is 1.93. The fourth-order valence-corrected chi connectivity index (χ4v) is 1.11. The highest BCUT2D eigenvalue weighted by Gasteiger charge is 2.19. The molecule has 13 heavy (non-hydrogen) atoms. The highest BCUT2D eigenvalue weighted by molar-refractivity contribution is 5.28. The van der Waals surface area contributed by atoms with Crippen molar-refractivity contribution in [1.29, 1.82) is 0 Å². The monoisotopic (exact) mass is 190 g/mol. The normalized spacial score (nSPS) is 10.9. The SMILES string of the molecule is Cc1cc(CN)c(C(F)F)c(F)n1. The fraction of sp³-hybridized carbons (Fsp3) is 0.375. The topological polar surface area (TPSA) is 38.9 Å². The highest BCUT2D eigenvalue weighted by atomic mass is 19.3. The lowest BCUT2D eigenvalue weighted by Crippen LogP contribution is -2.07. The predicted molar refractivity (Wildman–Crippen MR) is 41.8 cm³/mol. The molecule has 2 N–H and O–H groups in total. The molecule has 0 amide bonds. The van der Waals surface area contributed by atoms with Crippen molar-refractivity contribution in [2.45, 2.75) is 19.9 Å². The number of aryl methyl sites for hydroxylation is 1. The van der Waals surface area contributed by atoms with Crippen LogP contribution in [0.2, 0.25) is 0 Å².